The minimum absolute atomic E-state index is 0.0278. The zero-order valence-electron chi connectivity index (χ0n) is 18.3. The Labute approximate surface area is 188 Å². The van der Waals surface area contributed by atoms with Crippen molar-refractivity contribution < 1.29 is 27.5 Å². The minimum Gasteiger partial charge on any atom is -0.468 e. The molecule has 2 aromatic heterocycles. The molecule has 7 nitrogen and oxygen atoms in total. The van der Waals surface area contributed by atoms with Crippen molar-refractivity contribution in [2.75, 3.05) is 11.9 Å². The number of hydrogen-bond donors (Lipinski definition) is 2. The summed E-state index contributed by atoms with van der Waals surface area (Å²) in [5, 5.41) is 6.49. The Bertz CT molecular complexity index is 1180. The maximum Gasteiger partial charge on any atom is 0.422 e. The Morgan fingerprint density at radius 1 is 1.15 bits per heavy atom. The number of alkyl halides is 3. The van der Waals surface area contributed by atoms with E-state index in [1.165, 1.54) is 13.1 Å². The van der Waals surface area contributed by atoms with Gasteiger partial charge in [-0.2, -0.15) is 13.2 Å². The smallest absolute Gasteiger partial charge is 0.422 e. The summed E-state index contributed by atoms with van der Waals surface area (Å²) in [6.07, 6.45) is -3.16. The molecule has 33 heavy (non-hydrogen) atoms. The number of carbonyl (C=O) groups is 2. The van der Waals surface area contributed by atoms with Gasteiger partial charge in [0.15, 0.2) is 6.61 Å². The number of aromatic nitrogens is 2. The van der Waals surface area contributed by atoms with Gasteiger partial charge in [-0.05, 0) is 48.6 Å². The number of anilines is 1. The largest absolute Gasteiger partial charge is 0.468 e. The van der Waals surface area contributed by atoms with Gasteiger partial charge < -0.3 is 15.4 Å². The van der Waals surface area contributed by atoms with E-state index in [0.717, 1.165) is 5.56 Å². The predicted octanol–water partition coefficient (Wildman–Crippen LogP) is 4.26. The van der Waals surface area contributed by atoms with E-state index < -0.39 is 12.8 Å². The molecule has 1 atom stereocenters. The van der Waals surface area contributed by atoms with Crippen LogP contribution in [0.25, 0.3) is 10.8 Å². The average Bonchev–Trinajstić information content (AvgIpc) is 2.71. The number of hydrogen-bond acceptors (Lipinski definition) is 5. The van der Waals surface area contributed by atoms with E-state index in [2.05, 4.69) is 20.6 Å². The van der Waals surface area contributed by atoms with E-state index in [4.69, 9.17) is 4.74 Å². The van der Waals surface area contributed by atoms with Crippen molar-refractivity contribution in [3.63, 3.8) is 0 Å². The van der Waals surface area contributed by atoms with Crippen molar-refractivity contribution in [1.29, 1.82) is 0 Å². The number of amides is 2. The van der Waals surface area contributed by atoms with E-state index in [1.54, 1.807) is 50.2 Å². The highest BCUT2D eigenvalue weighted by Crippen LogP contribution is 2.28. The lowest BCUT2D eigenvalue weighted by Gasteiger charge is -2.17. The summed E-state index contributed by atoms with van der Waals surface area (Å²) < 4.78 is 42.5. The van der Waals surface area contributed by atoms with Gasteiger partial charge in [-0.25, -0.2) is 9.97 Å². The molecule has 1 unspecified atom stereocenters. The fourth-order valence-electron chi connectivity index (χ4n) is 3.37. The molecule has 3 aromatic rings. The Kier molecular flexibility index (Phi) is 7.15. The molecule has 2 heterocycles. The lowest BCUT2D eigenvalue weighted by atomic mass is 10.0. The van der Waals surface area contributed by atoms with E-state index in [1.807, 2.05) is 0 Å². The first-order valence-electron chi connectivity index (χ1n) is 10.1. The molecule has 0 radical (unpaired) electrons. The van der Waals surface area contributed by atoms with Gasteiger partial charge >= 0.3 is 6.18 Å². The molecule has 0 spiro atoms. The zero-order chi connectivity index (χ0) is 24.2. The van der Waals surface area contributed by atoms with Crippen LogP contribution in [0.3, 0.4) is 0 Å². The number of halogens is 3. The molecule has 0 saturated carbocycles. The van der Waals surface area contributed by atoms with E-state index in [9.17, 15) is 22.8 Å². The summed E-state index contributed by atoms with van der Waals surface area (Å²) >= 11 is 0. The van der Waals surface area contributed by atoms with Crippen LogP contribution in [-0.4, -0.2) is 34.6 Å². The number of ether oxygens (including phenoxy) is 1. The number of fused-ring (bicyclic) bond motifs is 1. The third kappa shape index (κ3) is 6.64. The van der Waals surface area contributed by atoms with Crippen molar-refractivity contribution in [2.45, 2.75) is 39.4 Å². The van der Waals surface area contributed by atoms with Crippen molar-refractivity contribution >= 4 is 28.4 Å². The summed E-state index contributed by atoms with van der Waals surface area (Å²) in [6, 6.07) is 9.80. The van der Waals surface area contributed by atoms with Crippen molar-refractivity contribution in [3.05, 3.63) is 59.4 Å². The number of benzene rings is 1. The molecule has 174 valence electrons. The summed E-state index contributed by atoms with van der Waals surface area (Å²) in [4.78, 5) is 32.3. The van der Waals surface area contributed by atoms with Gasteiger partial charge in [-0.3, -0.25) is 9.59 Å². The molecule has 0 aliphatic heterocycles. The fraction of sp³-hybridized carbons (Fsp3) is 0.304. The van der Waals surface area contributed by atoms with Gasteiger partial charge in [0.05, 0.1) is 12.5 Å². The highest BCUT2D eigenvalue weighted by atomic mass is 19.4. The third-order valence-corrected chi connectivity index (χ3v) is 4.72. The maximum atomic E-state index is 12.7. The quantitative estimate of drug-likeness (QED) is 0.550. The van der Waals surface area contributed by atoms with Crippen LogP contribution >= 0.6 is 0 Å². The molecular formula is C23H23F3N4O3. The zero-order valence-corrected chi connectivity index (χ0v) is 18.3. The lowest BCUT2D eigenvalue weighted by molar-refractivity contribution is -0.153. The first kappa shape index (κ1) is 24.0. The topological polar surface area (TPSA) is 93.2 Å². The molecule has 10 heteroatoms. The molecule has 0 saturated heterocycles. The summed E-state index contributed by atoms with van der Waals surface area (Å²) in [7, 11) is 0. The molecule has 0 bridgehead atoms. The van der Waals surface area contributed by atoms with E-state index in [0.29, 0.717) is 27.8 Å². The SMILES string of the molecule is CC(=O)Nc1cc(C(C)NC(=O)Cc2cnc(OCC(F)(F)F)c3ccccc23)cc(C)n1. The van der Waals surface area contributed by atoms with Crippen LogP contribution in [0.2, 0.25) is 0 Å². The second kappa shape index (κ2) is 9.85. The van der Waals surface area contributed by atoms with Crippen LogP contribution in [0.5, 0.6) is 5.88 Å². The number of pyridine rings is 2. The highest BCUT2D eigenvalue weighted by Gasteiger charge is 2.29. The molecule has 0 fully saturated rings. The molecule has 0 aliphatic carbocycles. The molecular weight excluding hydrogens is 437 g/mol. The molecule has 1 aromatic carbocycles. The van der Waals surface area contributed by atoms with Gasteiger partial charge in [-0.15, -0.1) is 0 Å². The van der Waals surface area contributed by atoms with Crippen LogP contribution < -0.4 is 15.4 Å². The number of nitrogens with one attached hydrogen (secondary N) is 2. The molecule has 2 N–H and O–H groups in total. The van der Waals surface area contributed by atoms with Crippen LogP contribution in [0, 0.1) is 6.92 Å². The monoisotopic (exact) mass is 460 g/mol. The second-order valence-corrected chi connectivity index (χ2v) is 7.61. The fourth-order valence-corrected chi connectivity index (χ4v) is 3.37. The van der Waals surface area contributed by atoms with Gasteiger partial charge in [0.2, 0.25) is 17.7 Å². The van der Waals surface area contributed by atoms with E-state index >= 15 is 0 Å². The third-order valence-electron chi connectivity index (χ3n) is 4.72. The number of aryl methyl sites for hydroxylation is 1. The summed E-state index contributed by atoms with van der Waals surface area (Å²) in [5.74, 6) is -0.298. The number of nitrogens with zero attached hydrogens (tertiary/aromatic N) is 2. The Morgan fingerprint density at radius 2 is 1.85 bits per heavy atom. The molecule has 2 amide bonds. The Balaban J connectivity index is 1.76. The normalized spacial score (nSPS) is 12.3. The van der Waals surface area contributed by atoms with Crippen LogP contribution in [-0.2, 0) is 16.0 Å². The minimum atomic E-state index is -4.48. The van der Waals surface area contributed by atoms with Crippen LogP contribution in [0.4, 0.5) is 19.0 Å². The first-order valence-corrected chi connectivity index (χ1v) is 10.1. The molecule has 3 rings (SSSR count). The van der Waals surface area contributed by atoms with Crippen LogP contribution in [0.15, 0.2) is 42.6 Å². The van der Waals surface area contributed by atoms with Gasteiger partial charge in [0.25, 0.3) is 0 Å². The van der Waals surface area contributed by atoms with Gasteiger partial charge in [0, 0.05) is 24.2 Å². The van der Waals surface area contributed by atoms with Crippen molar-refractivity contribution in [2.24, 2.45) is 0 Å². The Morgan fingerprint density at radius 3 is 2.52 bits per heavy atom. The number of rotatable bonds is 7. The lowest BCUT2D eigenvalue weighted by Crippen LogP contribution is -2.28. The standard InChI is InChI=1S/C23H23F3N4O3/c1-13-8-16(9-20(28-13)30-15(3)31)14(2)29-21(32)10-17-11-27-22(33-12-23(24,25)26)19-7-5-4-6-18(17)19/h4-9,11,14H,10,12H2,1-3H3,(H,29,32)(H,28,30,31). The van der Waals surface area contributed by atoms with Crippen molar-refractivity contribution in [3.8, 4) is 5.88 Å². The van der Waals surface area contributed by atoms with Crippen molar-refractivity contribution in [1.82, 2.24) is 15.3 Å². The highest BCUT2D eigenvalue weighted by molar-refractivity contribution is 5.93. The Hall–Kier alpha value is -3.69. The maximum absolute atomic E-state index is 12.7. The average molecular weight is 460 g/mol. The van der Waals surface area contributed by atoms with E-state index in [-0.39, 0.29) is 30.2 Å². The summed E-state index contributed by atoms with van der Waals surface area (Å²) in [6.45, 7) is 3.51. The van der Waals surface area contributed by atoms with Crippen LogP contribution in [0.1, 0.15) is 36.7 Å². The predicted molar refractivity (Wildman–Crippen MR) is 117 cm³/mol. The first-order chi connectivity index (χ1) is 15.5. The summed E-state index contributed by atoms with van der Waals surface area (Å²) in [5.41, 5.74) is 2.00. The van der Waals surface area contributed by atoms with Gasteiger partial charge in [0.1, 0.15) is 5.82 Å². The molecule has 0 aliphatic rings. The second-order valence-electron chi connectivity index (χ2n) is 7.61. The number of carbonyl (C=O) groups excluding carboxylic acids is 2. The van der Waals surface area contributed by atoms with Gasteiger partial charge in [-0.1, -0.05) is 18.2 Å².